The number of hydrogen-bond donors (Lipinski definition) is 2. The van der Waals surface area contributed by atoms with Crippen molar-refractivity contribution in [1.29, 1.82) is 0 Å². The third kappa shape index (κ3) is 4.96. The van der Waals surface area contributed by atoms with Crippen molar-refractivity contribution < 1.29 is 27.4 Å². The molecule has 0 saturated heterocycles. The van der Waals surface area contributed by atoms with Gasteiger partial charge in [0, 0.05) is 16.6 Å². The molecule has 3 aromatic rings. The number of amides is 2. The number of ether oxygens (including phenoxy) is 2. The van der Waals surface area contributed by atoms with E-state index in [0.29, 0.717) is 22.3 Å². The number of rotatable bonds is 5. The molecule has 2 aromatic carbocycles. The lowest BCUT2D eigenvalue weighted by Gasteiger charge is -2.09. The summed E-state index contributed by atoms with van der Waals surface area (Å²) >= 11 is 1.21. The second-order valence-electron chi connectivity index (χ2n) is 5.76. The van der Waals surface area contributed by atoms with Gasteiger partial charge in [0.25, 0.3) is 0 Å². The lowest BCUT2D eigenvalue weighted by Crippen LogP contribution is -2.19. The average Bonchev–Trinajstić information content (AvgIpc) is 3.15. The molecule has 10 heteroatoms. The Kier molecular flexibility index (Phi) is 5.92. The summed E-state index contributed by atoms with van der Waals surface area (Å²) in [5, 5.41) is 7.11. The number of nitrogens with one attached hydrogen (secondary N) is 2. The molecule has 29 heavy (non-hydrogen) atoms. The molecule has 2 N–H and O–H groups in total. The first kappa shape index (κ1) is 20.5. The normalized spacial score (nSPS) is 11.1. The molecule has 0 aliphatic carbocycles. The summed E-state index contributed by atoms with van der Waals surface area (Å²) in [6.07, 6.45) is -4.43. The highest BCUT2D eigenvalue weighted by atomic mass is 32.1. The lowest BCUT2D eigenvalue weighted by atomic mass is 10.1. The number of nitrogens with zero attached hydrogens (tertiary/aromatic N) is 1. The molecule has 0 aliphatic heterocycles. The molecule has 0 saturated carbocycles. The van der Waals surface area contributed by atoms with Crippen LogP contribution in [0.2, 0.25) is 0 Å². The molecule has 2 amide bonds. The molecule has 1 aromatic heterocycles. The molecule has 0 bridgehead atoms. The minimum Gasteiger partial charge on any atom is -0.493 e. The van der Waals surface area contributed by atoms with Gasteiger partial charge in [-0.2, -0.15) is 13.2 Å². The maximum absolute atomic E-state index is 12.6. The van der Waals surface area contributed by atoms with Crippen LogP contribution in [-0.4, -0.2) is 25.2 Å². The Hall–Kier alpha value is -3.27. The number of anilines is 2. The number of thiazole rings is 1. The zero-order valence-electron chi connectivity index (χ0n) is 15.3. The van der Waals surface area contributed by atoms with E-state index in [4.69, 9.17) is 9.47 Å². The third-order valence-electron chi connectivity index (χ3n) is 3.87. The SMILES string of the molecule is COc1ccc(-c2csc(NC(=O)Nc3ccc(C(F)(F)F)cc3)n2)cc1OC. The van der Waals surface area contributed by atoms with Crippen molar-refractivity contribution in [2.75, 3.05) is 24.9 Å². The summed E-state index contributed by atoms with van der Waals surface area (Å²) < 4.78 is 48.2. The molecular weight excluding hydrogens is 407 g/mol. The van der Waals surface area contributed by atoms with Gasteiger partial charge in [-0.05, 0) is 42.5 Å². The summed E-state index contributed by atoms with van der Waals surface area (Å²) in [5.41, 5.74) is 0.839. The highest BCUT2D eigenvalue weighted by Gasteiger charge is 2.30. The van der Waals surface area contributed by atoms with Crippen LogP contribution < -0.4 is 20.1 Å². The Bertz CT molecular complexity index is 1000. The second kappa shape index (κ2) is 8.39. The third-order valence-corrected chi connectivity index (χ3v) is 4.63. The molecular formula is C19H16F3N3O3S. The zero-order valence-corrected chi connectivity index (χ0v) is 16.1. The number of carbonyl (C=O) groups is 1. The van der Waals surface area contributed by atoms with Crippen molar-refractivity contribution in [1.82, 2.24) is 4.98 Å². The highest BCUT2D eigenvalue weighted by molar-refractivity contribution is 7.14. The van der Waals surface area contributed by atoms with E-state index in [1.54, 1.807) is 17.5 Å². The topological polar surface area (TPSA) is 72.5 Å². The van der Waals surface area contributed by atoms with Crippen molar-refractivity contribution in [3.63, 3.8) is 0 Å². The van der Waals surface area contributed by atoms with Crippen LogP contribution in [0.25, 0.3) is 11.3 Å². The minimum absolute atomic E-state index is 0.229. The van der Waals surface area contributed by atoms with Crippen molar-refractivity contribution >= 4 is 28.2 Å². The van der Waals surface area contributed by atoms with E-state index in [0.717, 1.165) is 17.7 Å². The number of urea groups is 1. The molecule has 0 atom stereocenters. The first-order valence-corrected chi connectivity index (χ1v) is 9.11. The fourth-order valence-electron chi connectivity index (χ4n) is 2.46. The Morgan fingerprint density at radius 3 is 2.31 bits per heavy atom. The van der Waals surface area contributed by atoms with E-state index < -0.39 is 17.8 Å². The van der Waals surface area contributed by atoms with E-state index in [1.807, 2.05) is 6.07 Å². The van der Waals surface area contributed by atoms with Gasteiger partial charge in [0.1, 0.15) is 0 Å². The van der Waals surface area contributed by atoms with E-state index >= 15 is 0 Å². The predicted molar refractivity (Wildman–Crippen MR) is 105 cm³/mol. The van der Waals surface area contributed by atoms with E-state index in [1.165, 1.54) is 37.7 Å². The maximum Gasteiger partial charge on any atom is 0.416 e. The smallest absolute Gasteiger partial charge is 0.416 e. The van der Waals surface area contributed by atoms with Gasteiger partial charge in [0.05, 0.1) is 25.5 Å². The van der Waals surface area contributed by atoms with Gasteiger partial charge in [-0.25, -0.2) is 9.78 Å². The number of benzene rings is 2. The van der Waals surface area contributed by atoms with Crippen molar-refractivity contribution in [3.05, 3.63) is 53.4 Å². The molecule has 152 valence electrons. The van der Waals surface area contributed by atoms with Gasteiger partial charge in [0.2, 0.25) is 0 Å². The first-order chi connectivity index (χ1) is 13.8. The predicted octanol–water partition coefficient (Wildman–Crippen LogP) is 5.49. The molecule has 0 spiro atoms. The van der Waals surface area contributed by atoms with Crippen LogP contribution in [0.4, 0.5) is 28.8 Å². The Morgan fingerprint density at radius 2 is 1.69 bits per heavy atom. The van der Waals surface area contributed by atoms with Crippen LogP contribution in [0, 0.1) is 0 Å². The summed E-state index contributed by atoms with van der Waals surface area (Å²) in [4.78, 5) is 16.4. The Balaban J connectivity index is 1.66. The van der Waals surface area contributed by atoms with E-state index in [2.05, 4.69) is 15.6 Å². The molecule has 0 aliphatic rings. The quantitative estimate of drug-likeness (QED) is 0.569. The molecule has 0 radical (unpaired) electrons. The van der Waals surface area contributed by atoms with Crippen LogP contribution in [-0.2, 0) is 6.18 Å². The first-order valence-electron chi connectivity index (χ1n) is 8.23. The fraction of sp³-hybridized carbons (Fsp3) is 0.158. The monoisotopic (exact) mass is 423 g/mol. The molecule has 0 fully saturated rings. The van der Waals surface area contributed by atoms with Gasteiger partial charge in [-0.3, -0.25) is 5.32 Å². The summed E-state index contributed by atoms with van der Waals surface area (Å²) in [5.74, 6) is 1.13. The number of aromatic nitrogens is 1. The van der Waals surface area contributed by atoms with E-state index in [-0.39, 0.29) is 5.69 Å². The number of alkyl halides is 3. The molecule has 0 unspecified atom stereocenters. The van der Waals surface area contributed by atoms with Crippen molar-refractivity contribution in [2.45, 2.75) is 6.18 Å². The van der Waals surface area contributed by atoms with Gasteiger partial charge >= 0.3 is 12.2 Å². The fourth-order valence-corrected chi connectivity index (χ4v) is 3.18. The van der Waals surface area contributed by atoms with Crippen LogP contribution in [0.5, 0.6) is 11.5 Å². The number of halogens is 3. The van der Waals surface area contributed by atoms with Gasteiger partial charge in [-0.15, -0.1) is 11.3 Å². The van der Waals surface area contributed by atoms with Crippen LogP contribution in [0.15, 0.2) is 47.8 Å². The molecule has 6 nitrogen and oxygen atoms in total. The largest absolute Gasteiger partial charge is 0.493 e. The molecule has 1 heterocycles. The number of hydrogen-bond acceptors (Lipinski definition) is 5. The van der Waals surface area contributed by atoms with Gasteiger partial charge in [0.15, 0.2) is 16.6 Å². The average molecular weight is 423 g/mol. The summed E-state index contributed by atoms with van der Waals surface area (Å²) in [6.45, 7) is 0. The minimum atomic E-state index is -4.43. The molecule has 3 rings (SSSR count). The second-order valence-corrected chi connectivity index (χ2v) is 6.62. The van der Waals surface area contributed by atoms with Crippen LogP contribution in [0.3, 0.4) is 0 Å². The number of carbonyl (C=O) groups excluding carboxylic acids is 1. The number of methoxy groups -OCH3 is 2. The zero-order chi connectivity index (χ0) is 21.0. The summed E-state index contributed by atoms with van der Waals surface area (Å²) in [6, 6.07) is 8.86. The standard InChI is InChI=1S/C19H16F3N3O3S/c1-27-15-8-3-11(9-16(15)28-2)14-10-29-18(24-14)25-17(26)23-13-6-4-12(5-7-13)19(20,21)22/h3-10H,1-2H3,(H2,23,24,25,26). The lowest BCUT2D eigenvalue weighted by molar-refractivity contribution is -0.137. The van der Waals surface area contributed by atoms with Crippen molar-refractivity contribution in [2.24, 2.45) is 0 Å². The van der Waals surface area contributed by atoms with Crippen LogP contribution >= 0.6 is 11.3 Å². The Labute approximate surface area is 168 Å². The van der Waals surface area contributed by atoms with Crippen LogP contribution in [0.1, 0.15) is 5.56 Å². The maximum atomic E-state index is 12.6. The van der Waals surface area contributed by atoms with Gasteiger partial charge < -0.3 is 14.8 Å². The van der Waals surface area contributed by atoms with E-state index in [9.17, 15) is 18.0 Å². The van der Waals surface area contributed by atoms with Gasteiger partial charge in [-0.1, -0.05) is 0 Å². The van der Waals surface area contributed by atoms with Crippen molar-refractivity contribution in [3.8, 4) is 22.8 Å². The summed E-state index contributed by atoms with van der Waals surface area (Å²) in [7, 11) is 3.07. The highest BCUT2D eigenvalue weighted by Crippen LogP contribution is 2.33. The Morgan fingerprint density at radius 1 is 1.00 bits per heavy atom.